The first kappa shape index (κ1) is 20.1. The molecular formula is C23H23N3O3. The molecule has 0 atom stereocenters. The number of esters is 1. The number of aryl methyl sites for hydroxylation is 3. The number of carbonyl (C=O) groups is 2. The first-order chi connectivity index (χ1) is 13.9. The minimum absolute atomic E-state index is 0.265. The number of ether oxygens (including phenoxy) is 1. The van der Waals surface area contributed by atoms with E-state index in [9.17, 15) is 9.59 Å². The Morgan fingerprint density at radius 1 is 0.931 bits per heavy atom. The first-order valence-electron chi connectivity index (χ1n) is 9.18. The van der Waals surface area contributed by atoms with Gasteiger partial charge in [-0.3, -0.25) is 4.79 Å². The average molecular weight is 389 g/mol. The molecule has 0 saturated carbocycles. The summed E-state index contributed by atoms with van der Waals surface area (Å²) in [6.07, 6.45) is 1.58. The van der Waals surface area contributed by atoms with Gasteiger partial charge in [0.25, 0.3) is 5.91 Å². The number of hydrogen-bond donors (Lipinski definition) is 2. The number of methoxy groups -OCH3 is 1. The first-order valence-corrected chi connectivity index (χ1v) is 9.18. The van der Waals surface area contributed by atoms with E-state index in [4.69, 9.17) is 4.74 Å². The highest BCUT2D eigenvalue weighted by molar-refractivity contribution is 6.03. The predicted molar refractivity (Wildman–Crippen MR) is 114 cm³/mol. The molecule has 3 rings (SSSR count). The molecule has 6 heteroatoms. The number of carbonyl (C=O) groups excluding carboxylic acids is 2. The van der Waals surface area contributed by atoms with E-state index in [1.165, 1.54) is 7.11 Å². The van der Waals surface area contributed by atoms with Crippen molar-refractivity contribution in [1.29, 1.82) is 0 Å². The average Bonchev–Trinajstić information content (AvgIpc) is 2.70. The number of rotatable bonds is 5. The number of aromatic nitrogens is 1. The SMILES string of the molecule is COC(=O)c1cccc(Nc2ccc(C(=O)Nc3c(C)cc(C)cc3C)nc2)c1. The molecule has 0 aliphatic rings. The summed E-state index contributed by atoms with van der Waals surface area (Å²) in [4.78, 5) is 28.5. The number of anilines is 3. The maximum atomic E-state index is 12.6. The smallest absolute Gasteiger partial charge is 0.337 e. The predicted octanol–water partition coefficient (Wildman–Crippen LogP) is 4.79. The Labute approximate surface area is 169 Å². The van der Waals surface area contributed by atoms with Crippen molar-refractivity contribution in [1.82, 2.24) is 4.98 Å². The molecule has 0 bridgehead atoms. The summed E-state index contributed by atoms with van der Waals surface area (Å²) in [7, 11) is 1.34. The van der Waals surface area contributed by atoms with Gasteiger partial charge in [-0.2, -0.15) is 0 Å². The molecule has 0 spiro atoms. The quantitative estimate of drug-likeness (QED) is 0.613. The van der Waals surface area contributed by atoms with Gasteiger partial charge in [0.2, 0.25) is 0 Å². The van der Waals surface area contributed by atoms with E-state index >= 15 is 0 Å². The summed E-state index contributed by atoms with van der Waals surface area (Å²) >= 11 is 0. The van der Waals surface area contributed by atoms with Crippen molar-refractivity contribution < 1.29 is 14.3 Å². The molecule has 0 saturated heterocycles. The van der Waals surface area contributed by atoms with Crippen molar-refractivity contribution in [3.05, 3.63) is 82.7 Å². The minimum Gasteiger partial charge on any atom is -0.465 e. The number of benzene rings is 2. The van der Waals surface area contributed by atoms with Crippen LogP contribution in [-0.2, 0) is 4.74 Å². The summed E-state index contributed by atoms with van der Waals surface area (Å²) in [5.74, 6) is -0.667. The lowest BCUT2D eigenvalue weighted by atomic mass is 10.0. The van der Waals surface area contributed by atoms with E-state index in [0.717, 1.165) is 28.1 Å². The Kier molecular flexibility index (Phi) is 5.93. The van der Waals surface area contributed by atoms with Crippen LogP contribution in [0.1, 0.15) is 37.5 Å². The molecule has 2 N–H and O–H groups in total. The van der Waals surface area contributed by atoms with E-state index in [0.29, 0.717) is 16.9 Å². The second-order valence-corrected chi connectivity index (χ2v) is 6.86. The third-order valence-corrected chi connectivity index (χ3v) is 4.48. The number of pyridine rings is 1. The molecule has 0 unspecified atom stereocenters. The van der Waals surface area contributed by atoms with Crippen LogP contribution >= 0.6 is 0 Å². The van der Waals surface area contributed by atoms with Crippen LogP contribution in [0.2, 0.25) is 0 Å². The maximum Gasteiger partial charge on any atom is 0.337 e. The topological polar surface area (TPSA) is 80.3 Å². The summed E-state index contributed by atoms with van der Waals surface area (Å²) in [5.41, 5.74) is 6.18. The number of nitrogens with zero attached hydrogens (tertiary/aromatic N) is 1. The maximum absolute atomic E-state index is 12.6. The molecule has 0 aliphatic heterocycles. The summed E-state index contributed by atoms with van der Waals surface area (Å²) in [5, 5.41) is 6.11. The second kappa shape index (κ2) is 8.56. The van der Waals surface area contributed by atoms with Crippen molar-refractivity contribution in [3.63, 3.8) is 0 Å². The van der Waals surface area contributed by atoms with Crippen LogP contribution in [0.4, 0.5) is 17.1 Å². The Balaban J connectivity index is 1.72. The highest BCUT2D eigenvalue weighted by atomic mass is 16.5. The highest BCUT2D eigenvalue weighted by Crippen LogP contribution is 2.23. The van der Waals surface area contributed by atoms with Crippen LogP contribution in [0.25, 0.3) is 0 Å². The lowest BCUT2D eigenvalue weighted by molar-refractivity contribution is 0.0600. The Morgan fingerprint density at radius 2 is 1.66 bits per heavy atom. The van der Waals surface area contributed by atoms with Gasteiger partial charge in [-0.25, -0.2) is 9.78 Å². The van der Waals surface area contributed by atoms with Gasteiger partial charge in [-0.05, 0) is 62.2 Å². The fraction of sp³-hybridized carbons (Fsp3) is 0.174. The Hall–Kier alpha value is -3.67. The summed E-state index contributed by atoms with van der Waals surface area (Å²) in [6, 6.07) is 14.4. The molecule has 0 aliphatic carbocycles. The van der Waals surface area contributed by atoms with E-state index in [2.05, 4.69) is 15.6 Å². The standard InChI is InChI=1S/C23H23N3O3/c1-14-10-15(2)21(16(3)11-14)26-22(27)20-9-8-19(13-24-20)25-18-7-5-6-17(12-18)23(28)29-4/h5-13,25H,1-4H3,(H,26,27). The van der Waals surface area contributed by atoms with Crippen molar-refractivity contribution in [2.45, 2.75) is 20.8 Å². The van der Waals surface area contributed by atoms with Crippen LogP contribution in [0.15, 0.2) is 54.7 Å². The molecule has 3 aromatic rings. The highest BCUT2D eigenvalue weighted by Gasteiger charge is 2.12. The van der Waals surface area contributed by atoms with Gasteiger partial charge in [0.05, 0.1) is 24.6 Å². The van der Waals surface area contributed by atoms with Crippen molar-refractivity contribution >= 4 is 28.9 Å². The Bertz CT molecular complexity index is 1040. The van der Waals surface area contributed by atoms with Gasteiger partial charge >= 0.3 is 5.97 Å². The van der Waals surface area contributed by atoms with E-state index in [-0.39, 0.29) is 5.91 Å². The normalized spacial score (nSPS) is 10.3. The number of nitrogens with one attached hydrogen (secondary N) is 2. The summed E-state index contributed by atoms with van der Waals surface area (Å²) in [6.45, 7) is 5.97. The fourth-order valence-corrected chi connectivity index (χ4v) is 3.17. The molecule has 29 heavy (non-hydrogen) atoms. The molecular weight excluding hydrogens is 366 g/mol. The third-order valence-electron chi connectivity index (χ3n) is 4.48. The van der Waals surface area contributed by atoms with Gasteiger partial charge in [-0.15, -0.1) is 0 Å². The van der Waals surface area contributed by atoms with E-state index in [1.807, 2.05) is 39.0 Å². The largest absolute Gasteiger partial charge is 0.465 e. The number of amides is 1. The number of hydrogen-bond acceptors (Lipinski definition) is 5. The Morgan fingerprint density at radius 3 is 2.28 bits per heavy atom. The van der Waals surface area contributed by atoms with Gasteiger partial charge < -0.3 is 15.4 Å². The zero-order chi connectivity index (χ0) is 21.0. The van der Waals surface area contributed by atoms with Crippen LogP contribution in [0, 0.1) is 20.8 Å². The van der Waals surface area contributed by atoms with Gasteiger partial charge in [-0.1, -0.05) is 23.8 Å². The van der Waals surface area contributed by atoms with E-state index < -0.39 is 5.97 Å². The van der Waals surface area contributed by atoms with E-state index in [1.54, 1.807) is 36.5 Å². The molecule has 148 valence electrons. The third kappa shape index (κ3) is 4.79. The monoisotopic (exact) mass is 389 g/mol. The second-order valence-electron chi connectivity index (χ2n) is 6.86. The zero-order valence-electron chi connectivity index (χ0n) is 16.9. The van der Waals surface area contributed by atoms with Crippen molar-refractivity contribution in [2.24, 2.45) is 0 Å². The molecule has 2 aromatic carbocycles. The molecule has 1 heterocycles. The van der Waals surface area contributed by atoms with Crippen LogP contribution in [-0.4, -0.2) is 24.0 Å². The van der Waals surface area contributed by atoms with Gasteiger partial charge in [0, 0.05) is 11.4 Å². The van der Waals surface area contributed by atoms with Gasteiger partial charge in [0.15, 0.2) is 0 Å². The molecule has 1 aromatic heterocycles. The van der Waals surface area contributed by atoms with Gasteiger partial charge in [0.1, 0.15) is 5.69 Å². The summed E-state index contributed by atoms with van der Waals surface area (Å²) < 4.78 is 4.73. The molecule has 0 radical (unpaired) electrons. The van der Waals surface area contributed by atoms with Crippen LogP contribution in [0.5, 0.6) is 0 Å². The minimum atomic E-state index is -0.402. The lowest BCUT2D eigenvalue weighted by Crippen LogP contribution is -2.15. The van der Waals surface area contributed by atoms with Crippen LogP contribution in [0.3, 0.4) is 0 Å². The van der Waals surface area contributed by atoms with Crippen LogP contribution < -0.4 is 10.6 Å². The molecule has 0 fully saturated rings. The molecule has 6 nitrogen and oxygen atoms in total. The fourth-order valence-electron chi connectivity index (χ4n) is 3.17. The van der Waals surface area contributed by atoms with Crippen molar-refractivity contribution in [3.8, 4) is 0 Å². The molecule has 1 amide bonds. The van der Waals surface area contributed by atoms with Crippen molar-refractivity contribution in [2.75, 3.05) is 17.7 Å². The lowest BCUT2D eigenvalue weighted by Gasteiger charge is -2.13. The zero-order valence-corrected chi connectivity index (χ0v) is 16.9.